The molecule has 0 unspecified atom stereocenters. The summed E-state index contributed by atoms with van der Waals surface area (Å²) in [6.45, 7) is 0.981. The first kappa shape index (κ1) is 9.31. The molecular weight excluding hydrogens is 176 g/mol. The Balaban J connectivity index is 1.95. The van der Waals surface area contributed by atoms with Crippen molar-refractivity contribution in [3.05, 3.63) is 28.7 Å². The van der Waals surface area contributed by atoms with Crippen LogP contribution in [0.3, 0.4) is 0 Å². The zero-order chi connectivity index (χ0) is 9.97. The van der Waals surface area contributed by atoms with Crippen LogP contribution >= 0.6 is 0 Å². The van der Waals surface area contributed by atoms with Gasteiger partial charge in [0.2, 0.25) is 5.43 Å². The van der Waals surface area contributed by atoms with Gasteiger partial charge in [-0.05, 0) is 12.3 Å². The van der Waals surface area contributed by atoms with Crippen LogP contribution in [0.1, 0.15) is 25.7 Å². The van der Waals surface area contributed by atoms with Crippen molar-refractivity contribution in [1.29, 1.82) is 0 Å². The maximum Gasteiger partial charge on any atom is 0.204 e. The Morgan fingerprint density at radius 2 is 2.29 bits per heavy atom. The van der Waals surface area contributed by atoms with Gasteiger partial charge in [-0.1, -0.05) is 19.3 Å². The monoisotopic (exact) mass is 192 g/mol. The summed E-state index contributed by atoms with van der Waals surface area (Å²) < 4.78 is 2.01. The van der Waals surface area contributed by atoms with E-state index in [1.807, 2.05) is 10.8 Å². The lowest BCUT2D eigenvalue weighted by Gasteiger charge is -2.25. The van der Waals surface area contributed by atoms with Crippen LogP contribution in [-0.4, -0.2) is 4.57 Å². The number of hydrogen-bond donors (Lipinski definition) is 1. The van der Waals surface area contributed by atoms with Crippen molar-refractivity contribution in [2.24, 2.45) is 5.92 Å². The van der Waals surface area contributed by atoms with E-state index in [2.05, 4.69) is 0 Å². The van der Waals surface area contributed by atoms with Gasteiger partial charge in [-0.3, -0.25) is 4.79 Å². The third-order valence-electron chi connectivity index (χ3n) is 3.03. The molecule has 1 aliphatic rings. The fraction of sp³-hybridized carbons (Fsp3) is 0.545. The fourth-order valence-electron chi connectivity index (χ4n) is 1.80. The summed E-state index contributed by atoms with van der Waals surface area (Å²) in [6.07, 6.45) is 8.89. The molecule has 1 aromatic rings. The molecule has 0 radical (unpaired) electrons. The van der Waals surface area contributed by atoms with Crippen LogP contribution in [0.4, 0.5) is 5.69 Å². The first-order chi connectivity index (χ1) is 6.75. The average molecular weight is 192 g/mol. The van der Waals surface area contributed by atoms with Crippen molar-refractivity contribution in [3.8, 4) is 0 Å². The van der Waals surface area contributed by atoms with E-state index >= 15 is 0 Å². The molecule has 0 amide bonds. The lowest BCUT2D eigenvalue weighted by molar-refractivity contribution is 0.282. The number of anilines is 1. The number of hydrogen-bond acceptors (Lipinski definition) is 2. The van der Waals surface area contributed by atoms with Crippen molar-refractivity contribution in [3.63, 3.8) is 0 Å². The van der Waals surface area contributed by atoms with Crippen molar-refractivity contribution < 1.29 is 0 Å². The predicted octanol–water partition coefficient (Wildman–Crippen LogP) is 1.62. The van der Waals surface area contributed by atoms with Crippen LogP contribution in [0.2, 0.25) is 0 Å². The maximum absolute atomic E-state index is 11.0. The Morgan fingerprint density at radius 1 is 1.50 bits per heavy atom. The van der Waals surface area contributed by atoms with Crippen molar-refractivity contribution >= 4 is 5.69 Å². The van der Waals surface area contributed by atoms with Gasteiger partial charge in [-0.15, -0.1) is 0 Å². The van der Waals surface area contributed by atoms with Crippen LogP contribution in [0.15, 0.2) is 23.3 Å². The van der Waals surface area contributed by atoms with E-state index in [0.29, 0.717) is 5.69 Å². The lowest BCUT2D eigenvalue weighted by atomic mass is 9.83. The number of pyridine rings is 1. The van der Waals surface area contributed by atoms with Crippen molar-refractivity contribution in [2.45, 2.75) is 32.2 Å². The summed E-state index contributed by atoms with van der Waals surface area (Å²) >= 11 is 0. The van der Waals surface area contributed by atoms with E-state index in [1.54, 1.807) is 6.20 Å². The Labute approximate surface area is 83.5 Å². The number of nitrogens with two attached hydrogens (primary N) is 1. The summed E-state index contributed by atoms with van der Waals surface area (Å²) in [4.78, 5) is 11.0. The van der Waals surface area contributed by atoms with E-state index in [1.165, 1.54) is 31.7 Å². The highest BCUT2D eigenvalue weighted by Crippen LogP contribution is 2.29. The van der Waals surface area contributed by atoms with E-state index in [-0.39, 0.29) is 5.43 Å². The number of nitrogen functional groups attached to an aromatic ring is 1. The van der Waals surface area contributed by atoms with Gasteiger partial charge in [0, 0.05) is 25.0 Å². The lowest BCUT2D eigenvalue weighted by Crippen LogP contribution is -2.15. The molecule has 1 heterocycles. The molecule has 0 spiro atoms. The molecule has 0 aliphatic heterocycles. The molecule has 1 saturated carbocycles. The fourth-order valence-corrected chi connectivity index (χ4v) is 1.80. The Bertz CT molecular complexity index is 366. The second-order valence-corrected chi connectivity index (χ2v) is 4.09. The minimum absolute atomic E-state index is 0.0788. The first-order valence-corrected chi connectivity index (χ1v) is 5.21. The molecule has 1 aromatic heterocycles. The summed E-state index contributed by atoms with van der Waals surface area (Å²) in [5.74, 6) is 0.899. The summed E-state index contributed by atoms with van der Waals surface area (Å²) in [5, 5.41) is 0. The zero-order valence-corrected chi connectivity index (χ0v) is 8.28. The van der Waals surface area contributed by atoms with Gasteiger partial charge in [0.1, 0.15) is 0 Å². The molecular formula is C11H16N2O. The molecule has 0 atom stereocenters. The molecule has 1 aliphatic carbocycles. The van der Waals surface area contributed by atoms with E-state index in [0.717, 1.165) is 12.5 Å². The summed E-state index contributed by atoms with van der Waals surface area (Å²) in [5.41, 5.74) is 5.81. The van der Waals surface area contributed by atoms with Crippen LogP contribution < -0.4 is 11.2 Å². The molecule has 76 valence electrons. The van der Waals surface area contributed by atoms with Crippen LogP contribution in [-0.2, 0) is 6.54 Å². The van der Waals surface area contributed by atoms with Gasteiger partial charge in [0.25, 0.3) is 0 Å². The quantitative estimate of drug-likeness (QED) is 0.791. The average Bonchev–Trinajstić information content (AvgIpc) is 2.08. The Kier molecular flexibility index (Phi) is 2.57. The minimum Gasteiger partial charge on any atom is -0.394 e. The highest BCUT2D eigenvalue weighted by Gasteiger charge is 2.16. The number of rotatable bonds is 3. The molecule has 2 N–H and O–H groups in total. The van der Waals surface area contributed by atoms with Crippen molar-refractivity contribution in [1.82, 2.24) is 4.57 Å². The van der Waals surface area contributed by atoms with Crippen molar-refractivity contribution in [2.75, 3.05) is 5.73 Å². The van der Waals surface area contributed by atoms with Gasteiger partial charge in [-0.2, -0.15) is 0 Å². The van der Waals surface area contributed by atoms with Gasteiger partial charge in [-0.25, -0.2) is 0 Å². The number of aryl methyl sites for hydroxylation is 1. The predicted molar refractivity (Wildman–Crippen MR) is 57.1 cm³/mol. The van der Waals surface area contributed by atoms with Gasteiger partial charge < -0.3 is 10.3 Å². The first-order valence-electron chi connectivity index (χ1n) is 5.21. The standard InChI is InChI=1S/C11H16N2O/c12-10-8-13(7-5-11(10)14)6-4-9-2-1-3-9/h5,7-9H,1-4,6,12H2. The van der Waals surface area contributed by atoms with Gasteiger partial charge >= 0.3 is 0 Å². The topological polar surface area (TPSA) is 48.0 Å². The second kappa shape index (κ2) is 3.86. The van der Waals surface area contributed by atoms with Gasteiger partial charge in [0.05, 0.1) is 5.69 Å². The number of aromatic nitrogens is 1. The Morgan fingerprint density at radius 3 is 2.86 bits per heavy atom. The maximum atomic E-state index is 11.0. The van der Waals surface area contributed by atoms with Gasteiger partial charge in [0.15, 0.2) is 0 Å². The number of nitrogens with zero attached hydrogens (tertiary/aromatic N) is 1. The van der Waals surface area contributed by atoms with E-state index < -0.39 is 0 Å². The molecule has 3 heteroatoms. The van der Waals surface area contributed by atoms with Crippen LogP contribution in [0, 0.1) is 5.92 Å². The molecule has 2 rings (SSSR count). The molecule has 14 heavy (non-hydrogen) atoms. The highest BCUT2D eigenvalue weighted by atomic mass is 16.1. The molecule has 0 saturated heterocycles. The minimum atomic E-state index is -0.0788. The third kappa shape index (κ3) is 1.97. The summed E-state index contributed by atoms with van der Waals surface area (Å²) in [7, 11) is 0. The molecule has 0 bridgehead atoms. The smallest absolute Gasteiger partial charge is 0.204 e. The SMILES string of the molecule is Nc1cn(CCC2CCC2)ccc1=O. The highest BCUT2D eigenvalue weighted by molar-refractivity contribution is 5.33. The Hall–Kier alpha value is -1.25. The zero-order valence-electron chi connectivity index (χ0n) is 8.28. The van der Waals surface area contributed by atoms with E-state index in [9.17, 15) is 4.79 Å². The third-order valence-corrected chi connectivity index (χ3v) is 3.03. The molecule has 3 nitrogen and oxygen atoms in total. The normalized spacial score (nSPS) is 16.6. The second-order valence-electron chi connectivity index (χ2n) is 4.09. The van der Waals surface area contributed by atoms with Crippen LogP contribution in [0.25, 0.3) is 0 Å². The molecule has 0 aromatic carbocycles. The van der Waals surface area contributed by atoms with Crippen LogP contribution in [0.5, 0.6) is 0 Å². The molecule has 1 fully saturated rings. The largest absolute Gasteiger partial charge is 0.394 e. The van der Waals surface area contributed by atoms with E-state index in [4.69, 9.17) is 5.73 Å². The summed E-state index contributed by atoms with van der Waals surface area (Å²) in [6, 6.07) is 1.54.